The first-order valence-electron chi connectivity index (χ1n) is 2.92. The molecule has 0 aromatic carbocycles. The summed E-state index contributed by atoms with van der Waals surface area (Å²) >= 11 is 0. The highest BCUT2D eigenvalue weighted by Crippen LogP contribution is 2.16. The summed E-state index contributed by atoms with van der Waals surface area (Å²) < 4.78 is 0. The molecular formula is C4H2N5O4-. The van der Waals surface area contributed by atoms with Crippen molar-refractivity contribution in [3.63, 3.8) is 0 Å². The number of rotatable bonds is 2. The van der Waals surface area contributed by atoms with Gasteiger partial charge in [-0.1, -0.05) is 6.21 Å². The van der Waals surface area contributed by atoms with Crippen LogP contribution in [0.3, 0.4) is 0 Å². The highest BCUT2D eigenvalue weighted by atomic mass is 16.7. The molecule has 0 spiro atoms. The van der Waals surface area contributed by atoms with E-state index in [1.54, 1.807) is 0 Å². The van der Waals surface area contributed by atoms with E-state index in [0.29, 0.717) is 0 Å². The van der Waals surface area contributed by atoms with Crippen molar-refractivity contribution in [2.75, 3.05) is 0 Å². The highest BCUT2D eigenvalue weighted by molar-refractivity contribution is 6.17. The molecule has 0 fully saturated rings. The van der Waals surface area contributed by atoms with Crippen LogP contribution in [0.2, 0.25) is 0 Å². The zero-order chi connectivity index (χ0) is 9.84. The maximum absolute atomic E-state index is 10.2. The Labute approximate surface area is 70.8 Å². The molecule has 0 saturated carbocycles. The molecule has 0 atom stereocenters. The van der Waals surface area contributed by atoms with Gasteiger partial charge in [0.05, 0.1) is 0 Å². The third kappa shape index (κ3) is 1.83. The van der Waals surface area contributed by atoms with Gasteiger partial charge in [0.15, 0.2) is 0 Å². The second-order valence-corrected chi connectivity index (χ2v) is 1.80. The van der Waals surface area contributed by atoms with Crippen LogP contribution in [0.15, 0.2) is 21.7 Å². The Morgan fingerprint density at radius 3 is 2.31 bits per heavy atom. The Hall–Kier alpha value is -2.32. The van der Waals surface area contributed by atoms with Gasteiger partial charge >= 0.3 is 5.82 Å². The monoisotopic (exact) mass is 184 g/mol. The molecule has 0 bridgehead atoms. The lowest BCUT2D eigenvalue weighted by Crippen LogP contribution is -2.12. The Balaban J connectivity index is 3.10. The minimum atomic E-state index is -1.28. The minimum absolute atomic E-state index is 0.613. The number of hydrogen-bond acceptors (Lipinski definition) is 6. The van der Waals surface area contributed by atoms with Crippen LogP contribution in [0.5, 0.6) is 0 Å². The number of nitro groups is 2. The van der Waals surface area contributed by atoms with E-state index >= 15 is 0 Å². The van der Waals surface area contributed by atoms with Crippen LogP contribution in [-0.2, 0) is 0 Å². The summed E-state index contributed by atoms with van der Waals surface area (Å²) in [7, 11) is 0. The Kier molecular flexibility index (Phi) is 2.28. The molecule has 1 aliphatic heterocycles. The van der Waals surface area contributed by atoms with Crippen LogP contribution in [0.25, 0.3) is 5.43 Å². The molecule has 0 saturated heterocycles. The largest absolute Gasteiger partial charge is 0.559 e. The molecule has 9 nitrogen and oxygen atoms in total. The molecule has 0 amide bonds. The van der Waals surface area contributed by atoms with Crippen molar-refractivity contribution >= 4 is 12.4 Å². The molecule has 68 valence electrons. The normalized spacial score (nSPS) is 13.7. The fourth-order valence-electron chi connectivity index (χ4n) is 0.580. The predicted octanol–water partition coefficient (Wildman–Crippen LogP) is 0.110. The van der Waals surface area contributed by atoms with Crippen molar-refractivity contribution in [2.45, 2.75) is 0 Å². The van der Waals surface area contributed by atoms with Crippen LogP contribution in [0.4, 0.5) is 0 Å². The summed E-state index contributed by atoms with van der Waals surface area (Å²) in [6, 6.07) is 0. The fourth-order valence-corrected chi connectivity index (χ4v) is 0.580. The summed E-state index contributed by atoms with van der Waals surface area (Å²) in [6.07, 6.45) is 2.23. The van der Waals surface area contributed by atoms with Gasteiger partial charge in [-0.2, -0.15) is 0 Å². The molecule has 1 aliphatic rings. The van der Waals surface area contributed by atoms with Gasteiger partial charge in [-0.25, -0.2) is 0 Å². The molecule has 13 heavy (non-hydrogen) atoms. The molecule has 1 rings (SSSR count). The van der Waals surface area contributed by atoms with E-state index < -0.39 is 21.5 Å². The second-order valence-electron chi connectivity index (χ2n) is 1.80. The van der Waals surface area contributed by atoms with Gasteiger partial charge in [0, 0.05) is 6.21 Å². The van der Waals surface area contributed by atoms with Crippen molar-refractivity contribution < 1.29 is 9.85 Å². The lowest BCUT2D eigenvalue weighted by Gasteiger charge is -2.09. The first-order chi connectivity index (χ1) is 6.13. The lowest BCUT2D eigenvalue weighted by molar-refractivity contribution is -0.617. The van der Waals surface area contributed by atoms with Gasteiger partial charge < -0.3 is 10.4 Å². The molecule has 9 heteroatoms. The standard InChI is InChI=1S/C4H2N5O4/c10-8(11)4(9(12)13)3-5-1-2-6-7-3/h1-2H/q-1. The zero-order valence-corrected chi connectivity index (χ0v) is 6.02. The molecule has 0 aromatic rings. The summed E-state index contributed by atoms with van der Waals surface area (Å²) in [5.41, 5.74) is 3.14. The smallest absolute Gasteiger partial charge is 0.429 e. The first kappa shape index (κ1) is 8.77. The fraction of sp³-hybridized carbons (Fsp3) is 0. The van der Waals surface area contributed by atoms with E-state index in [1.807, 2.05) is 0 Å². The van der Waals surface area contributed by atoms with Crippen LogP contribution >= 0.6 is 0 Å². The maximum Gasteiger partial charge on any atom is 0.559 e. The van der Waals surface area contributed by atoms with Gasteiger partial charge in [0.2, 0.25) is 0 Å². The maximum atomic E-state index is 10.2. The summed E-state index contributed by atoms with van der Waals surface area (Å²) in [4.78, 5) is 21.3. The first-order valence-corrected chi connectivity index (χ1v) is 2.92. The summed E-state index contributed by atoms with van der Waals surface area (Å²) in [5, 5.41) is 23.5. The third-order valence-corrected chi connectivity index (χ3v) is 1.03. The highest BCUT2D eigenvalue weighted by Gasteiger charge is 2.27. The summed E-state index contributed by atoms with van der Waals surface area (Å²) in [5.74, 6) is -1.90. The minimum Gasteiger partial charge on any atom is -0.429 e. The average Bonchev–Trinajstić information content (AvgIpc) is 2.04. The lowest BCUT2D eigenvalue weighted by atomic mass is 10.6. The van der Waals surface area contributed by atoms with E-state index in [-0.39, 0.29) is 0 Å². The van der Waals surface area contributed by atoms with Crippen LogP contribution in [-0.4, -0.2) is 22.3 Å². The molecule has 1 heterocycles. The molecular weight excluding hydrogens is 182 g/mol. The van der Waals surface area contributed by atoms with Gasteiger partial charge in [0.25, 0.3) is 0 Å². The Morgan fingerprint density at radius 1 is 1.31 bits per heavy atom. The molecule has 0 aromatic heterocycles. The second kappa shape index (κ2) is 3.38. The van der Waals surface area contributed by atoms with Crippen molar-refractivity contribution in [2.24, 2.45) is 10.1 Å². The topological polar surface area (TPSA) is 125 Å². The number of hydrogen-bond donors (Lipinski definition) is 0. The van der Waals surface area contributed by atoms with Gasteiger partial charge in [0.1, 0.15) is 15.7 Å². The van der Waals surface area contributed by atoms with Gasteiger partial charge in [-0.15, -0.1) is 0 Å². The van der Waals surface area contributed by atoms with Crippen LogP contribution in [0, 0.1) is 20.2 Å². The molecule has 0 aliphatic carbocycles. The molecule has 0 N–H and O–H groups in total. The molecule has 0 radical (unpaired) electrons. The number of aliphatic imine (C=N–C) groups is 1. The molecule has 0 unspecified atom stereocenters. The van der Waals surface area contributed by atoms with Gasteiger partial charge in [-0.3, -0.25) is 25.3 Å². The Bertz CT molecular complexity index is 326. The van der Waals surface area contributed by atoms with Gasteiger partial charge in [-0.05, 0) is 0 Å². The quantitative estimate of drug-likeness (QED) is 0.445. The average molecular weight is 184 g/mol. The van der Waals surface area contributed by atoms with Crippen LogP contribution < -0.4 is 0 Å². The predicted molar refractivity (Wildman–Crippen MR) is 41.4 cm³/mol. The van der Waals surface area contributed by atoms with Crippen molar-refractivity contribution in [3.8, 4) is 0 Å². The van der Waals surface area contributed by atoms with Crippen LogP contribution in [0.1, 0.15) is 0 Å². The third-order valence-electron chi connectivity index (χ3n) is 1.03. The Morgan fingerprint density at radius 2 is 1.92 bits per heavy atom. The van der Waals surface area contributed by atoms with Crippen molar-refractivity contribution in [1.82, 2.24) is 0 Å². The van der Waals surface area contributed by atoms with Crippen molar-refractivity contribution in [3.05, 3.63) is 37.3 Å². The van der Waals surface area contributed by atoms with E-state index in [4.69, 9.17) is 0 Å². The van der Waals surface area contributed by atoms with E-state index in [9.17, 15) is 20.2 Å². The summed E-state index contributed by atoms with van der Waals surface area (Å²) in [6.45, 7) is 0. The van der Waals surface area contributed by atoms with Crippen molar-refractivity contribution in [1.29, 1.82) is 0 Å². The van der Waals surface area contributed by atoms with E-state index in [1.165, 1.54) is 0 Å². The van der Waals surface area contributed by atoms with E-state index in [0.717, 1.165) is 12.4 Å². The SMILES string of the molecule is O=[N+]([O-])C(=C1N=CC=N[N-]1)[N+](=O)[O-]. The number of nitrogens with zero attached hydrogens (tertiary/aromatic N) is 5. The van der Waals surface area contributed by atoms with E-state index in [2.05, 4.69) is 15.5 Å². The zero-order valence-electron chi connectivity index (χ0n) is 6.02.